The number of ether oxygens (including phenoxy) is 1. The average Bonchev–Trinajstić information content (AvgIpc) is 2.71. The van der Waals surface area contributed by atoms with E-state index >= 15 is 0 Å². The first-order valence-corrected chi connectivity index (χ1v) is 8.77. The van der Waals surface area contributed by atoms with Gasteiger partial charge < -0.3 is 10.1 Å². The molecule has 0 radical (unpaired) electrons. The fraction of sp³-hybridized carbons (Fsp3) is 0.190. The summed E-state index contributed by atoms with van der Waals surface area (Å²) in [7, 11) is 1.58. The van der Waals surface area contributed by atoms with Crippen LogP contribution in [-0.2, 0) is 17.9 Å². The van der Waals surface area contributed by atoms with Gasteiger partial charge in [-0.05, 0) is 36.2 Å². The van der Waals surface area contributed by atoms with Crippen molar-refractivity contribution in [1.82, 2.24) is 14.5 Å². The molecule has 0 aliphatic rings. The molecule has 0 saturated carbocycles. The molecular formula is C21H21N3O4. The minimum atomic E-state index is -0.745. The Morgan fingerprint density at radius 3 is 2.39 bits per heavy atom. The van der Waals surface area contributed by atoms with E-state index in [2.05, 4.69) is 5.32 Å². The maximum Gasteiger partial charge on any atom is 0.320 e. The van der Waals surface area contributed by atoms with Crippen molar-refractivity contribution in [3.8, 4) is 11.4 Å². The molecule has 3 rings (SSSR count). The number of aryl methyl sites for hydroxylation is 1. The zero-order valence-corrected chi connectivity index (χ0v) is 15.7. The number of amides is 1. The van der Waals surface area contributed by atoms with Crippen LogP contribution in [0, 0.1) is 6.92 Å². The van der Waals surface area contributed by atoms with Gasteiger partial charge in [0, 0.05) is 18.9 Å². The van der Waals surface area contributed by atoms with Crippen LogP contribution in [0.2, 0.25) is 0 Å². The maximum absolute atomic E-state index is 12.4. The van der Waals surface area contributed by atoms with Crippen molar-refractivity contribution >= 4 is 5.91 Å². The molecule has 0 saturated heterocycles. The number of aromatic nitrogens is 2. The fourth-order valence-corrected chi connectivity index (χ4v) is 2.81. The lowest BCUT2D eigenvalue weighted by molar-refractivity contribution is -0.121. The molecule has 0 atom stereocenters. The second-order valence-corrected chi connectivity index (χ2v) is 6.32. The Kier molecular flexibility index (Phi) is 5.74. The predicted molar refractivity (Wildman–Crippen MR) is 106 cm³/mol. The topological polar surface area (TPSA) is 82.3 Å². The van der Waals surface area contributed by atoms with Crippen molar-refractivity contribution in [2.75, 3.05) is 7.11 Å². The number of hydrogen-bond acceptors (Lipinski definition) is 4. The number of carbonyl (C=O) groups is 1. The third-order valence-corrected chi connectivity index (χ3v) is 4.40. The third-order valence-electron chi connectivity index (χ3n) is 4.40. The van der Waals surface area contributed by atoms with Crippen molar-refractivity contribution in [3.63, 3.8) is 0 Å². The van der Waals surface area contributed by atoms with Gasteiger partial charge in [0.25, 0.3) is 0 Å². The molecule has 28 heavy (non-hydrogen) atoms. The standard InChI is InChI=1S/C21H21N3O4/c1-15-5-3-4-6-18(15)24-12-11-23(20(26)21(24)27)14-19(25)22-13-16-7-9-17(28-2)10-8-16/h3-12H,13-14H2,1-2H3,(H,22,25). The smallest absolute Gasteiger partial charge is 0.320 e. The Balaban J connectivity index is 1.71. The Labute approximate surface area is 161 Å². The van der Waals surface area contributed by atoms with Crippen LogP contribution >= 0.6 is 0 Å². The van der Waals surface area contributed by atoms with Gasteiger partial charge in [-0.2, -0.15) is 0 Å². The highest BCUT2D eigenvalue weighted by atomic mass is 16.5. The van der Waals surface area contributed by atoms with Crippen LogP contribution in [0.5, 0.6) is 5.75 Å². The molecule has 3 aromatic rings. The van der Waals surface area contributed by atoms with Crippen molar-refractivity contribution in [2.45, 2.75) is 20.0 Å². The van der Waals surface area contributed by atoms with Gasteiger partial charge >= 0.3 is 11.1 Å². The molecule has 0 spiro atoms. The third kappa shape index (κ3) is 4.20. The largest absolute Gasteiger partial charge is 0.497 e. The van der Waals surface area contributed by atoms with Crippen LogP contribution in [-0.4, -0.2) is 22.2 Å². The lowest BCUT2D eigenvalue weighted by Gasteiger charge is -2.11. The SMILES string of the molecule is COc1ccc(CNC(=O)Cn2ccn(-c3ccccc3C)c(=O)c2=O)cc1. The molecule has 0 aliphatic heterocycles. The Morgan fingerprint density at radius 1 is 1.00 bits per heavy atom. The summed E-state index contributed by atoms with van der Waals surface area (Å²) in [5, 5.41) is 2.74. The van der Waals surface area contributed by atoms with Crippen LogP contribution in [0.15, 0.2) is 70.5 Å². The molecule has 7 heteroatoms. The van der Waals surface area contributed by atoms with Crippen LogP contribution in [0.25, 0.3) is 5.69 Å². The summed E-state index contributed by atoms with van der Waals surface area (Å²) in [5.74, 6) is 0.377. The normalized spacial score (nSPS) is 10.5. The van der Waals surface area contributed by atoms with Gasteiger partial charge in [0.2, 0.25) is 5.91 Å². The van der Waals surface area contributed by atoms with Crippen LogP contribution in [0.3, 0.4) is 0 Å². The first-order valence-electron chi connectivity index (χ1n) is 8.77. The van der Waals surface area contributed by atoms with E-state index in [0.717, 1.165) is 21.4 Å². The number of methoxy groups -OCH3 is 1. The minimum Gasteiger partial charge on any atom is -0.497 e. The molecule has 1 amide bonds. The fourth-order valence-electron chi connectivity index (χ4n) is 2.81. The van der Waals surface area contributed by atoms with Crippen LogP contribution in [0.4, 0.5) is 0 Å². The summed E-state index contributed by atoms with van der Waals surface area (Å²) in [4.78, 5) is 37.0. The van der Waals surface area contributed by atoms with E-state index < -0.39 is 11.1 Å². The Hall–Kier alpha value is -3.61. The summed E-state index contributed by atoms with van der Waals surface area (Å²) in [6.07, 6.45) is 2.95. The summed E-state index contributed by atoms with van der Waals surface area (Å²) >= 11 is 0. The number of benzene rings is 2. The number of nitrogens with one attached hydrogen (secondary N) is 1. The summed E-state index contributed by atoms with van der Waals surface area (Å²) in [6.45, 7) is 1.95. The molecule has 0 bridgehead atoms. The monoisotopic (exact) mass is 379 g/mol. The van der Waals surface area contributed by atoms with Crippen molar-refractivity contribution in [3.05, 3.63) is 92.8 Å². The quantitative estimate of drug-likeness (QED) is 0.660. The summed E-state index contributed by atoms with van der Waals surface area (Å²) in [5.41, 5.74) is 0.973. The van der Waals surface area contributed by atoms with Gasteiger partial charge in [0.1, 0.15) is 12.3 Å². The molecule has 0 fully saturated rings. The molecule has 1 N–H and O–H groups in total. The number of rotatable bonds is 6. The van der Waals surface area contributed by atoms with Gasteiger partial charge in [0.15, 0.2) is 0 Å². The van der Waals surface area contributed by atoms with Crippen molar-refractivity contribution in [1.29, 1.82) is 0 Å². The van der Waals surface area contributed by atoms with Gasteiger partial charge in [0.05, 0.1) is 12.8 Å². The highest BCUT2D eigenvalue weighted by molar-refractivity contribution is 5.75. The van der Waals surface area contributed by atoms with Crippen molar-refractivity contribution < 1.29 is 9.53 Å². The first kappa shape index (κ1) is 19.2. The molecule has 2 aromatic carbocycles. The van der Waals surface area contributed by atoms with E-state index in [0.29, 0.717) is 12.2 Å². The van der Waals surface area contributed by atoms with Gasteiger partial charge in [-0.1, -0.05) is 30.3 Å². The second kappa shape index (κ2) is 8.39. The Morgan fingerprint density at radius 2 is 1.71 bits per heavy atom. The molecule has 7 nitrogen and oxygen atoms in total. The summed E-state index contributed by atoms with van der Waals surface area (Å²) in [6, 6.07) is 14.6. The minimum absolute atomic E-state index is 0.223. The molecular weight excluding hydrogens is 358 g/mol. The number of carbonyl (C=O) groups excluding carboxylic acids is 1. The van der Waals surface area contributed by atoms with E-state index in [4.69, 9.17) is 4.74 Å². The highest BCUT2D eigenvalue weighted by Crippen LogP contribution is 2.11. The number of para-hydroxylation sites is 1. The Bertz CT molecular complexity index is 1100. The van der Waals surface area contributed by atoms with Crippen LogP contribution in [0.1, 0.15) is 11.1 Å². The van der Waals surface area contributed by atoms with Crippen molar-refractivity contribution in [2.24, 2.45) is 0 Å². The first-order chi connectivity index (χ1) is 13.5. The molecule has 0 unspecified atom stereocenters. The van der Waals surface area contributed by atoms with Gasteiger partial charge in [-0.15, -0.1) is 0 Å². The van der Waals surface area contributed by atoms with Gasteiger partial charge in [-0.3, -0.25) is 23.5 Å². The average molecular weight is 379 g/mol. The molecule has 1 aromatic heterocycles. The zero-order valence-electron chi connectivity index (χ0n) is 15.7. The second-order valence-electron chi connectivity index (χ2n) is 6.32. The van der Waals surface area contributed by atoms with E-state index in [1.165, 1.54) is 17.0 Å². The summed E-state index contributed by atoms with van der Waals surface area (Å²) < 4.78 is 7.50. The maximum atomic E-state index is 12.4. The number of hydrogen-bond donors (Lipinski definition) is 1. The van der Waals surface area contributed by atoms with Gasteiger partial charge in [-0.25, -0.2) is 0 Å². The number of nitrogens with zero attached hydrogens (tertiary/aromatic N) is 2. The molecule has 0 aliphatic carbocycles. The van der Waals surface area contributed by atoms with E-state index in [-0.39, 0.29) is 12.5 Å². The molecule has 144 valence electrons. The lowest BCUT2D eigenvalue weighted by atomic mass is 10.2. The lowest BCUT2D eigenvalue weighted by Crippen LogP contribution is -2.42. The van der Waals surface area contributed by atoms with Crippen LogP contribution < -0.4 is 21.2 Å². The van der Waals surface area contributed by atoms with E-state index in [9.17, 15) is 14.4 Å². The zero-order chi connectivity index (χ0) is 20.1. The molecule has 1 heterocycles. The highest BCUT2D eigenvalue weighted by Gasteiger charge is 2.11. The van der Waals surface area contributed by atoms with E-state index in [1.807, 2.05) is 31.2 Å². The van der Waals surface area contributed by atoms with E-state index in [1.54, 1.807) is 31.4 Å². The predicted octanol–water partition coefficient (Wildman–Crippen LogP) is 1.63.